The van der Waals surface area contributed by atoms with Crippen LogP contribution in [0, 0.1) is 10.1 Å². The van der Waals surface area contributed by atoms with Crippen LogP contribution in [0.25, 0.3) is 11.3 Å². The van der Waals surface area contributed by atoms with Crippen LogP contribution in [0.15, 0.2) is 53.3 Å². The summed E-state index contributed by atoms with van der Waals surface area (Å²) in [5.41, 5.74) is 2.52. The number of rotatable bonds is 7. The number of aliphatic hydroxyl groups excluding tert-OH is 1. The van der Waals surface area contributed by atoms with Crippen molar-refractivity contribution < 1.29 is 14.4 Å². The van der Waals surface area contributed by atoms with Crippen molar-refractivity contribution in [2.45, 2.75) is 12.6 Å². The summed E-state index contributed by atoms with van der Waals surface area (Å²) in [6.07, 6.45) is 2.67. The molecule has 8 nitrogen and oxygen atoms in total. The number of nitrogens with one attached hydrogen (secondary N) is 1. The van der Waals surface area contributed by atoms with Crippen molar-refractivity contribution in [2.24, 2.45) is 7.05 Å². The molecule has 1 unspecified atom stereocenters. The highest BCUT2D eigenvalue weighted by Gasteiger charge is 2.14. The van der Waals surface area contributed by atoms with E-state index in [-0.39, 0.29) is 5.69 Å². The number of nitro groups is 1. The molecular weight excluding hydrogens is 324 g/mol. The molecule has 0 spiro atoms. The standard InChI is InChI=1S/C17H18N4O4/c1-20-11-13(9-18-10-15(22)16-3-2-8-25-16)17(19-20)12-4-6-14(7-5-12)21(23)24/h2-8,11,15,18,22H,9-10H2,1H3. The smallest absolute Gasteiger partial charge is 0.269 e. The number of furan rings is 1. The van der Waals surface area contributed by atoms with Crippen molar-refractivity contribution in [3.8, 4) is 11.3 Å². The van der Waals surface area contributed by atoms with Crippen LogP contribution in [-0.2, 0) is 13.6 Å². The Hall–Kier alpha value is -2.97. The molecule has 3 rings (SSSR count). The SMILES string of the molecule is Cn1cc(CNCC(O)c2ccco2)c(-c2ccc([N+](=O)[O-])cc2)n1. The summed E-state index contributed by atoms with van der Waals surface area (Å²) in [6, 6.07) is 9.73. The zero-order valence-corrected chi connectivity index (χ0v) is 13.6. The Bertz CT molecular complexity index is 840. The van der Waals surface area contributed by atoms with Crippen molar-refractivity contribution in [3.05, 3.63) is 70.3 Å². The Morgan fingerprint density at radius 2 is 2.12 bits per heavy atom. The zero-order chi connectivity index (χ0) is 17.8. The van der Waals surface area contributed by atoms with Crippen molar-refractivity contribution in [3.63, 3.8) is 0 Å². The van der Waals surface area contributed by atoms with Gasteiger partial charge in [0.2, 0.25) is 0 Å². The van der Waals surface area contributed by atoms with Gasteiger partial charge in [-0.1, -0.05) is 0 Å². The van der Waals surface area contributed by atoms with E-state index in [2.05, 4.69) is 10.4 Å². The molecule has 2 heterocycles. The Morgan fingerprint density at radius 1 is 1.36 bits per heavy atom. The number of nitro benzene ring substituents is 1. The van der Waals surface area contributed by atoms with E-state index >= 15 is 0 Å². The van der Waals surface area contributed by atoms with Gasteiger partial charge in [0.05, 0.1) is 16.9 Å². The lowest BCUT2D eigenvalue weighted by atomic mass is 10.1. The van der Waals surface area contributed by atoms with Crippen LogP contribution in [0.3, 0.4) is 0 Å². The van der Waals surface area contributed by atoms with Gasteiger partial charge in [-0.15, -0.1) is 0 Å². The van der Waals surface area contributed by atoms with Crippen LogP contribution in [-0.4, -0.2) is 26.4 Å². The van der Waals surface area contributed by atoms with E-state index in [1.54, 1.807) is 28.9 Å². The number of aromatic nitrogens is 2. The highest BCUT2D eigenvalue weighted by molar-refractivity contribution is 5.64. The lowest BCUT2D eigenvalue weighted by Crippen LogP contribution is -2.20. The summed E-state index contributed by atoms with van der Waals surface area (Å²) in [6.45, 7) is 0.833. The molecule has 25 heavy (non-hydrogen) atoms. The molecule has 130 valence electrons. The van der Waals surface area contributed by atoms with Crippen LogP contribution in [0.1, 0.15) is 17.4 Å². The molecule has 0 aliphatic carbocycles. The molecular formula is C17H18N4O4. The number of nitrogens with zero attached hydrogens (tertiary/aromatic N) is 3. The van der Waals surface area contributed by atoms with E-state index in [0.29, 0.717) is 18.8 Å². The Kier molecular flexibility index (Phi) is 4.92. The highest BCUT2D eigenvalue weighted by atomic mass is 16.6. The van der Waals surface area contributed by atoms with Gasteiger partial charge in [0, 0.05) is 49.6 Å². The third-order valence-corrected chi connectivity index (χ3v) is 3.78. The number of non-ortho nitro benzene ring substituents is 1. The predicted octanol–water partition coefficient (Wildman–Crippen LogP) is 2.41. The van der Waals surface area contributed by atoms with Crippen molar-refractivity contribution >= 4 is 5.69 Å². The summed E-state index contributed by atoms with van der Waals surface area (Å²) < 4.78 is 6.86. The summed E-state index contributed by atoms with van der Waals surface area (Å²) in [4.78, 5) is 10.3. The molecule has 2 N–H and O–H groups in total. The molecule has 8 heteroatoms. The summed E-state index contributed by atoms with van der Waals surface area (Å²) in [5.74, 6) is 0.509. The maximum Gasteiger partial charge on any atom is 0.269 e. The minimum Gasteiger partial charge on any atom is -0.467 e. The fraction of sp³-hybridized carbons (Fsp3) is 0.235. The maximum absolute atomic E-state index is 10.8. The van der Waals surface area contributed by atoms with E-state index < -0.39 is 11.0 Å². The number of aliphatic hydroxyl groups is 1. The summed E-state index contributed by atoms with van der Waals surface area (Å²) >= 11 is 0. The Labute approximate surface area is 143 Å². The minimum absolute atomic E-state index is 0.0425. The third-order valence-electron chi connectivity index (χ3n) is 3.78. The molecule has 1 atom stereocenters. The van der Waals surface area contributed by atoms with Gasteiger partial charge < -0.3 is 14.8 Å². The number of hydrogen-bond acceptors (Lipinski definition) is 6. The molecule has 0 aliphatic rings. The zero-order valence-electron chi connectivity index (χ0n) is 13.6. The van der Waals surface area contributed by atoms with Gasteiger partial charge in [-0.05, 0) is 24.3 Å². The normalized spacial score (nSPS) is 12.2. The Morgan fingerprint density at radius 3 is 2.76 bits per heavy atom. The predicted molar refractivity (Wildman–Crippen MR) is 90.7 cm³/mol. The molecule has 1 aromatic carbocycles. The quantitative estimate of drug-likeness (QED) is 0.504. The molecule has 0 aliphatic heterocycles. The van der Waals surface area contributed by atoms with Crippen molar-refractivity contribution in [1.82, 2.24) is 15.1 Å². The van der Waals surface area contributed by atoms with E-state index in [1.807, 2.05) is 13.2 Å². The van der Waals surface area contributed by atoms with Gasteiger partial charge in [0.15, 0.2) is 0 Å². The Balaban J connectivity index is 1.69. The van der Waals surface area contributed by atoms with Crippen molar-refractivity contribution in [2.75, 3.05) is 6.54 Å². The molecule has 0 saturated heterocycles. The van der Waals surface area contributed by atoms with E-state index in [4.69, 9.17) is 4.42 Å². The first kappa shape index (κ1) is 16.9. The molecule has 0 fully saturated rings. The second-order valence-electron chi connectivity index (χ2n) is 5.64. The summed E-state index contributed by atoms with van der Waals surface area (Å²) in [7, 11) is 1.82. The van der Waals surface area contributed by atoms with Crippen LogP contribution in [0.4, 0.5) is 5.69 Å². The number of hydrogen-bond donors (Lipinski definition) is 2. The first-order chi connectivity index (χ1) is 12.0. The molecule has 0 bridgehead atoms. The first-order valence-corrected chi connectivity index (χ1v) is 7.74. The highest BCUT2D eigenvalue weighted by Crippen LogP contribution is 2.24. The van der Waals surface area contributed by atoms with Gasteiger partial charge in [-0.3, -0.25) is 14.8 Å². The largest absolute Gasteiger partial charge is 0.467 e. The lowest BCUT2D eigenvalue weighted by molar-refractivity contribution is -0.384. The van der Waals surface area contributed by atoms with Crippen molar-refractivity contribution in [1.29, 1.82) is 0 Å². The minimum atomic E-state index is -0.727. The van der Waals surface area contributed by atoms with Crippen LogP contribution in [0.5, 0.6) is 0 Å². The van der Waals surface area contributed by atoms with Gasteiger partial charge in [-0.25, -0.2) is 0 Å². The summed E-state index contributed by atoms with van der Waals surface area (Å²) in [5, 5.41) is 28.4. The average molecular weight is 342 g/mol. The fourth-order valence-electron chi connectivity index (χ4n) is 2.58. The van der Waals surface area contributed by atoms with E-state index in [0.717, 1.165) is 16.8 Å². The average Bonchev–Trinajstić information content (AvgIpc) is 3.25. The topological polar surface area (TPSA) is 106 Å². The van der Waals surface area contributed by atoms with Crippen LogP contribution in [0.2, 0.25) is 0 Å². The maximum atomic E-state index is 10.8. The van der Waals surface area contributed by atoms with Crippen LogP contribution >= 0.6 is 0 Å². The molecule has 3 aromatic rings. The van der Waals surface area contributed by atoms with E-state index in [1.165, 1.54) is 18.4 Å². The monoisotopic (exact) mass is 342 g/mol. The lowest BCUT2D eigenvalue weighted by Gasteiger charge is -2.09. The second-order valence-corrected chi connectivity index (χ2v) is 5.64. The molecule has 0 radical (unpaired) electrons. The van der Waals surface area contributed by atoms with Gasteiger partial charge >= 0.3 is 0 Å². The third kappa shape index (κ3) is 3.93. The molecule has 2 aromatic heterocycles. The van der Waals surface area contributed by atoms with Gasteiger partial charge in [0.1, 0.15) is 11.9 Å². The van der Waals surface area contributed by atoms with Gasteiger partial charge in [0.25, 0.3) is 5.69 Å². The molecule has 0 saturated carbocycles. The van der Waals surface area contributed by atoms with Gasteiger partial charge in [-0.2, -0.15) is 5.10 Å². The van der Waals surface area contributed by atoms with E-state index in [9.17, 15) is 15.2 Å². The number of benzene rings is 1. The first-order valence-electron chi connectivity index (χ1n) is 7.74. The fourth-order valence-corrected chi connectivity index (χ4v) is 2.58. The second kappa shape index (κ2) is 7.29. The molecule has 0 amide bonds. The van der Waals surface area contributed by atoms with Crippen LogP contribution < -0.4 is 5.32 Å². The number of aryl methyl sites for hydroxylation is 1.